The van der Waals surface area contributed by atoms with Crippen molar-refractivity contribution in [1.82, 2.24) is 15.5 Å². The van der Waals surface area contributed by atoms with Gasteiger partial charge in [0.2, 0.25) is 0 Å². The smallest absolute Gasteiger partial charge is 0.191 e. The van der Waals surface area contributed by atoms with Crippen LogP contribution in [0.1, 0.15) is 18.4 Å². The van der Waals surface area contributed by atoms with Crippen LogP contribution in [-0.2, 0) is 11.3 Å². The van der Waals surface area contributed by atoms with Gasteiger partial charge in [0.1, 0.15) is 5.75 Å². The Labute approximate surface area is 174 Å². The molecule has 0 heterocycles. The Balaban J connectivity index is 0.00000338. The number of hydrogen-bond acceptors (Lipinski definition) is 4. The van der Waals surface area contributed by atoms with Gasteiger partial charge in [-0.25, -0.2) is 0 Å². The highest BCUT2D eigenvalue weighted by atomic mass is 127. The predicted octanol–water partition coefficient (Wildman–Crippen LogP) is 2.34. The summed E-state index contributed by atoms with van der Waals surface area (Å²) in [5, 5.41) is 6.70. The number of methoxy groups -OCH3 is 1. The summed E-state index contributed by atoms with van der Waals surface area (Å²) in [4.78, 5) is 6.51. The summed E-state index contributed by atoms with van der Waals surface area (Å²) < 4.78 is 11.0. The van der Waals surface area contributed by atoms with Crippen LogP contribution in [0, 0.1) is 5.92 Å². The summed E-state index contributed by atoms with van der Waals surface area (Å²) in [5.41, 5.74) is 1.16. The first kappa shape index (κ1) is 23.0. The Kier molecular flexibility index (Phi) is 11.6. The van der Waals surface area contributed by atoms with Crippen LogP contribution in [0.2, 0.25) is 0 Å². The second-order valence-corrected chi connectivity index (χ2v) is 6.51. The normalized spacial score (nSPS) is 14.1. The van der Waals surface area contributed by atoms with E-state index >= 15 is 0 Å². The largest absolute Gasteiger partial charge is 0.493 e. The number of nitrogens with one attached hydrogen (secondary N) is 2. The molecule has 0 spiro atoms. The minimum Gasteiger partial charge on any atom is -0.493 e. The van der Waals surface area contributed by atoms with Gasteiger partial charge in [0, 0.05) is 45.9 Å². The van der Waals surface area contributed by atoms with Gasteiger partial charge in [-0.2, -0.15) is 0 Å². The monoisotopic (exact) mass is 476 g/mol. The van der Waals surface area contributed by atoms with Gasteiger partial charge in [-0.3, -0.25) is 4.99 Å². The number of aliphatic imine (C=N–C) groups is 1. The molecule has 1 saturated carbocycles. The topological polar surface area (TPSA) is 58.1 Å². The SMILES string of the molecule is CN=C(NCCN(C)CCOC)NCc1ccccc1OCC1CC1.I. The molecule has 0 aliphatic heterocycles. The van der Waals surface area contributed by atoms with E-state index in [9.17, 15) is 0 Å². The molecule has 2 N–H and O–H groups in total. The van der Waals surface area contributed by atoms with Gasteiger partial charge < -0.3 is 25.0 Å². The molecule has 0 aromatic heterocycles. The zero-order valence-electron chi connectivity index (χ0n) is 16.2. The lowest BCUT2D eigenvalue weighted by atomic mass is 10.2. The van der Waals surface area contributed by atoms with Gasteiger partial charge >= 0.3 is 0 Å². The summed E-state index contributed by atoms with van der Waals surface area (Å²) in [5.74, 6) is 2.53. The Bertz CT molecular complexity index is 538. The minimum atomic E-state index is 0. The van der Waals surface area contributed by atoms with E-state index in [-0.39, 0.29) is 24.0 Å². The number of para-hydroxylation sites is 1. The van der Waals surface area contributed by atoms with E-state index in [1.807, 2.05) is 18.2 Å². The average molecular weight is 476 g/mol. The molecule has 7 heteroatoms. The summed E-state index contributed by atoms with van der Waals surface area (Å²) in [6, 6.07) is 8.21. The first-order valence-electron chi connectivity index (χ1n) is 9.05. The van der Waals surface area contributed by atoms with Crippen LogP contribution in [-0.4, -0.2) is 64.9 Å². The van der Waals surface area contributed by atoms with Crippen molar-refractivity contribution in [3.63, 3.8) is 0 Å². The zero-order valence-corrected chi connectivity index (χ0v) is 18.5. The van der Waals surface area contributed by atoms with Crippen LogP contribution in [0.15, 0.2) is 29.3 Å². The summed E-state index contributed by atoms with van der Waals surface area (Å²) >= 11 is 0. The molecule has 26 heavy (non-hydrogen) atoms. The summed E-state index contributed by atoms with van der Waals surface area (Å²) in [6.45, 7) is 4.97. The number of ether oxygens (including phenoxy) is 2. The molecule has 0 bridgehead atoms. The van der Waals surface area contributed by atoms with Crippen molar-refractivity contribution in [2.24, 2.45) is 10.9 Å². The predicted molar refractivity (Wildman–Crippen MR) is 118 cm³/mol. The number of hydrogen-bond donors (Lipinski definition) is 2. The Morgan fingerprint density at radius 3 is 2.69 bits per heavy atom. The molecule has 0 atom stereocenters. The van der Waals surface area contributed by atoms with Crippen molar-refractivity contribution in [3.05, 3.63) is 29.8 Å². The van der Waals surface area contributed by atoms with Crippen LogP contribution in [0.25, 0.3) is 0 Å². The second-order valence-electron chi connectivity index (χ2n) is 6.51. The lowest BCUT2D eigenvalue weighted by molar-refractivity contribution is 0.162. The van der Waals surface area contributed by atoms with Crippen molar-refractivity contribution < 1.29 is 9.47 Å². The van der Waals surface area contributed by atoms with Crippen LogP contribution < -0.4 is 15.4 Å². The maximum atomic E-state index is 5.96. The van der Waals surface area contributed by atoms with E-state index in [0.717, 1.165) is 56.0 Å². The van der Waals surface area contributed by atoms with E-state index in [4.69, 9.17) is 9.47 Å². The molecule has 0 amide bonds. The molecular formula is C19H33IN4O2. The first-order chi connectivity index (χ1) is 12.2. The van der Waals surface area contributed by atoms with Crippen molar-refractivity contribution >= 4 is 29.9 Å². The van der Waals surface area contributed by atoms with Crippen molar-refractivity contribution in [3.8, 4) is 5.75 Å². The van der Waals surface area contributed by atoms with E-state index in [0.29, 0.717) is 6.54 Å². The molecule has 1 aromatic carbocycles. The summed E-state index contributed by atoms with van der Waals surface area (Å²) in [7, 11) is 5.61. The molecule has 0 saturated heterocycles. The molecule has 1 fully saturated rings. The third kappa shape index (κ3) is 9.05. The number of guanidine groups is 1. The van der Waals surface area contributed by atoms with Gasteiger partial charge in [0.25, 0.3) is 0 Å². The van der Waals surface area contributed by atoms with E-state index < -0.39 is 0 Å². The highest BCUT2D eigenvalue weighted by Crippen LogP contribution is 2.30. The fourth-order valence-electron chi connectivity index (χ4n) is 2.41. The standard InChI is InChI=1S/C19H32N4O2.HI/c1-20-19(21-10-11-23(2)12-13-24-3)22-14-17-6-4-5-7-18(17)25-15-16-8-9-16;/h4-7,16H,8-15H2,1-3H3,(H2,20,21,22);1H. The molecule has 0 radical (unpaired) electrons. The number of nitrogens with zero attached hydrogens (tertiary/aromatic N) is 2. The number of likely N-dealkylation sites (N-methyl/N-ethyl adjacent to an activating group) is 1. The molecule has 1 aliphatic rings. The maximum Gasteiger partial charge on any atom is 0.191 e. The summed E-state index contributed by atoms with van der Waals surface area (Å²) in [6.07, 6.45) is 2.60. The van der Waals surface area contributed by atoms with E-state index in [1.165, 1.54) is 12.8 Å². The van der Waals surface area contributed by atoms with Crippen molar-refractivity contribution in [2.75, 3.05) is 54.1 Å². The highest BCUT2D eigenvalue weighted by molar-refractivity contribution is 14.0. The van der Waals surface area contributed by atoms with Gasteiger partial charge in [-0.05, 0) is 31.9 Å². The zero-order chi connectivity index (χ0) is 17.9. The van der Waals surface area contributed by atoms with Crippen LogP contribution in [0.4, 0.5) is 0 Å². The molecule has 1 aliphatic carbocycles. The highest BCUT2D eigenvalue weighted by Gasteiger charge is 2.22. The molecule has 2 rings (SSSR count). The molecular weight excluding hydrogens is 443 g/mol. The van der Waals surface area contributed by atoms with E-state index in [2.05, 4.69) is 33.6 Å². The Morgan fingerprint density at radius 1 is 1.23 bits per heavy atom. The fourth-order valence-corrected chi connectivity index (χ4v) is 2.41. The average Bonchev–Trinajstić information content (AvgIpc) is 3.46. The van der Waals surface area contributed by atoms with Gasteiger partial charge in [0.15, 0.2) is 5.96 Å². The molecule has 1 aromatic rings. The first-order valence-corrected chi connectivity index (χ1v) is 9.05. The van der Waals surface area contributed by atoms with Crippen LogP contribution in [0.3, 0.4) is 0 Å². The van der Waals surface area contributed by atoms with Crippen LogP contribution >= 0.6 is 24.0 Å². The Hall–Kier alpha value is -1.06. The number of halogens is 1. The lowest BCUT2D eigenvalue weighted by Gasteiger charge is -2.18. The second kappa shape index (κ2) is 13.2. The molecule has 0 unspecified atom stereocenters. The van der Waals surface area contributed by atoms with Crippen molar-refractivity contribution in [1.29, 1.82) is 0 Å². The van der Waals surface area contributed by atoms with Gasteiger partial charge in [-0.1, -0.05) is 18.2 Å². The minimum absolute atomic E-state index is 0. The van der Waals surface area contributed by atoms with Crippen molar-refractivity contribution in [2.45, 2.75) is 19.4 Å². The maximum absolute atomic E-state index is 5.96. The molecule has 148 valence electrons. The Morgan fingerprint density at radius 2 is 2.00 bits per heavy atom. The van der Waals surface area contributed by atoms with Gasteiger partial charge in [0.05, 0.1) is 13.2 Å². The number of rotatable bonds is 11. The van der Waals surface area contributed by atoms with Gasteiger partial charge in [-0.15, -0.1) is 24.0 Å². The van der Waals surface area contributed by atoms with Crippen LogP contribution in [0.5, 0.6) is 5.75 Å². The third-order valence-corrected chi connectivity index (χ3v) is 4.28. The molecule has 6 nitrogen and oxygen atoms in total. The number of benzene rings is 1. The fraction of sp³-hybridized carbons (Fsp3) is 0.632. The quantitative estimate of drug-likeness (QED) is 0.292. The third-order valence-electron chi connectivity index (χ3n) is 4.28. The lowest BCUT2D eigenvalue weighted by Crippen LogP contribution is -2.41. The van der Waals surface area contributed by atoms with E-state index in [1.54, 1.807) is 14.2 Å².